The van der Waals surface area contributed by atoms with E-state index < -0.39 is 17.6 Å². The summed E-state index contributed by atoms with van der Waals surface area (Å²) < 4.78 is 32.9. The molecule has 1 saturated heterocycles. The number of aromatic nitrogens is 2. The zero-order chi connectivity index (χ0) is 24.4. The molecule has 182 valence electrons. The molecule has 1 aliphatic heterocycles. The maximum absolute atomic E-state index is 14.0. The summed E-state index contributed by atoms with van der Waals surface area (Å²) in [6.07, 6.45) is 8.62. The molecule has 0 radical (unpaired) electrons. The fourth-order valence-corrected chi connectivity index (χ4v) is 5.06. The summed E-state index contributed by atoms with van der Waals surface area (Å²) in [6, 6.07) is 12.0. The van der Waals surface area contributed by atoms with E-state index in [1.165, 1.54) is 12.1 Å². The third-order valence-corrected chi connectivity index (χ3v) is 7.15. The molecule has 2 fully saturated rings. The molecule has 2 heterocycles. The summed E-state index contributed by atoms with van der Waals surface area (Å²) in [5, 5.41) is 13.1. The summed E-state index contributed by atoms with van der Waals surface area (Å²) in [6.45, 7) is 1.85. The first-order valence-electron chi connectivity index (χ1n) is 11.9. The lowest BCUT2D eigenvalue weighted by atomic mass is 9.69. The molecule has 0 bridgehead atoms. The highest BCUT2D eigenvalue weighted by molar-refractivity contribution is 5.71. The van der Waals surface area contributed by atoms with Gasteiger partial charge in [0, 0.05) is 36.7 Å². The van der Waals surface area contributed by atoms with Crippen LogP contribution in [0, 0.1) is 17.6 Å². The maximum atomic E-state index is 14.0. The lowest BCUT2D eigenvalue weighted by Crippen LogP contribution is -2.49. The topological polar surface area (TPSA) is 79.5 Å². The van der Waals surface area contributed by atoms with E-state index in [9.17, 15) is 13.6 Å². The monoisotopic (exact) mass is 479 g/mol. The molecule has 0 spiro atoms. The minimum atomic E-state index is -0.842. The Hall–Kier alpha value is -3.39. The zero-order valence-corrected chi connectivity index (χ0v) is 19.3. The Morgan fingerprint density at radius 3 is 2.51 bits per heavy atom. The van der Waals surface area contributed by atoms with Crippen molar-refractivity contribution < 1.29 is 23.2 Å². The molecule has 2 aliphatic rings. The largest absolute Gasteiger partial charge is 0.481 e. The molecular weight excluding hydrogens is 452 g/mol. The van der Waals surface area contributed by atoms with Crippen molar-refractivity contribution >= 4 is 12.0 Å². The van der Waals surface area contributed by atoms with Crippen molar-refractivity contribution in [1.82, 2.24) is 15.0 Å². The standard InChI is InChI=1S/C27H27F2N3O3/c28-22-9-8-21(14-23(22)29)27(11-2-1-3-12-27)13-10-24-30-25(31-35-24)19-6-4-18(5-7-19)15-32-16-20(17-32)26(33)34/h4-10,13-14,20H,1-3,11-12,15-17H2,(H,33,34)/b13-10+. The number of carbonyl (C=O) groups is 1. The number of rotatable bonds is 7. The van der Waals surface area contributed by atoms with E-state index in [2.05, 4.69) is 15.0 Å². The number of hydrogen-bond acceptors (Lipinski definition) is 5. The van der Waals surface area contributed by atoms with Crippen molar-refractivity contribution in [3.05, 3.63) is 77.2 Å². The Labute approximate surface area is 202 Å². The first kappa shape index (κ1) is 23.4. The molecule has 3 aromatic rings. The quantitative estimate of drug-likeness (QED) is 0.486. The normalized spacial score (nSPS) is 18.6. The molecular formula is C27H27F2N3O3. The van der Waals surface area contributed by atoms with Gasteiger partial charge in [-0.2, -0.15) is 4.98 Å². The van der Waals surface area contributed by atoms with Crippen LogP contribution in [-0.4, -0.2) is 39.2 Å². The van der Waals surface area contributed by atoms with Crippen LogP contribution in [0.5, 0.6) is 0 Å². The number of benzene rings is 2. The molecule has 1 aliphatic carbocycles. The Bertz CT molecular complexity index is 1230. The van der Waals surface area contributed by atoms with Gasteiger partial charge in [-0.15, -0.1) is 0 Å². The van der Waals surface area contributed by atoms with Crippen LogP contribution in [0.4, 0.5) is 8.78 Å². The third kappa shape index (κ3) is 5.03. The molecule has 0 unspecified atom stereocenters. The first-order valence-corrected chi connectivity index (χ1v) is 11.9. The second-order valence-corrected chi connectivity index (χ2v) is 9.56. The van der Waals surface area contributed by atoms with E-state index in [4.69, 9.17) is 9.63 Å². The lowest BCUT2D eigenvalue weighted by Gasteiger charge is -2.36. The molecule has 1 saturated carbocycles. The van der Waals surface area contributed by atoms with Gasteiger partial charge in [0.05, 0.1) is 5.92 Å². The van der Waals surface area contributed by atoms with Crippen molar-refractivity contribution in [2.75, 3.05) is 13.1 Å². The summed E-state index contributed by atoms with van der Waals surface area (Å²) in [7, 11) is 0. The molecule has 8 heteroatoms. The number of halogens is 2. The van der Waals surface area contributed by atoms with Crippen LogP contribution in [-0.2, 0) is 16.8 Å². The van der Waals surface area contributed by atoms with Gasteiger partial charge in [0.2, 0.25) is 5.82 Å². The molecule has 35 heavy (non-hydrogen) atoms. The second kappa shape index (κ2) is 9.70. The Kier molecular flexibility index (Phi) is 6.47. The molecule has 6 nitrogen and oxygen atoms in total. The highest BCUT2D eigenvalue weighted by Crippen LogP contribution is 2.41. The number of allylic oxidation sites excluding steroid dienone is 1. The highest BCUT2D eigenvalue weighted by Gasteiger charge is 2.33. The number of likely N-dealkylation sites (tertiary alicyclic amines) is 1. The van der Waals surface area contributed by atoms with Crippen LogP contribution in [0.2, 0.25) is 0 Å². The van der Waals surface area contributed by atoms with Gasteiger partial charge >= 0.3 is 5.97 Å². The van der Waals surface area contributed by atoms with Crippen LogP contribution < -0.4 is 0 Å². The van der Waals surface area contributed by atoms with Gasteiger partial charge < -0.3 is 9.63 Å². The van der Waals surface area contributed by atoms with Gasteiger partial charge in [-0.3, -0.25) is 9.69 Å². The molecule has 0 amide bonds. The summed E-state index contributed by atoms with van der Waals surface area (Å²) in [4.78, 5) is 17.5. The lowest BCUT2D eigenvalue weighted by molar-refractivity contribution is -0.147. The minimum Gasteiger partial charge on any atom is -0.481 e. The van der Waals surface area contributed by atoms with Crippen LogP contribution in [0.25, 0.3) is 17.5 Å². The number of hydrogen-bond donors (Lipinski definition) is 1. The van der Waals surface area contributed by atoms with Crippen LogP contribution in [0.1, 0.15) is 49.1 Å². The van der Waals surface area contributed by atoms with Crippen LogP contribution in [0.3, 0.4) is 0 Å². The average Bonchev–Trinajstić information content (AvgIpc) is 3.31. The highest BCUT2D eigenvalue weighted by atomic mass is 19.2. The van der Waals surface area contributed by atoms with E-state index in [1.807, 2.05) is 30.3 Å². The molecule has 2 aromatic carbocycles. The van der Waals surface area contributed by atoms with Crippen molar-refractivity contribution in [2.24, 2.45) is 5.92 Å². The second-order valence-electron chi connectivity index (χ2n) is 9.56. The third-order valence-electron chi connectivity index (χ3n) is 7.15. The maximum Gasteiger partial charge on any atom is 0.309 e. The molecule has 5 rings (SSSR count). The Morgan fingerprint density at radius 1 is 1.09 bits per heavy atom. The van der Waals surface area contributed by atoms with E-state index in [-0.39, 0.29) is 11.3 Å². The van der Waals surface area contributed by atoms with E-state index in [0.29, 0.717) is 31.3 Å². The van der Waals surface area contributed by atoms with Crippen molar-refractivity contribution in [3.8, 4) is 11.4 Å². The van der Waals surface area contributed by atoms with Gasteiger partial charge in [0.1, 0.15) is 0 Å². The van der Waals surface area contributed by atoms with Gasteiger partial charge in [-0.25, -0.2) is 8.78 Å². The van der Waals surface area contributed by atoms with Crippen molar-refractivity contribution in [2.45, 2.75) is 44.1 Å². The van der Waals surface area contributed by atoms with Gasteiger partial charge in [-0.1, -0.05) is 60.8 Å². The summed E-state index contributed by atoms with van der Waals surface area (Å²) in [5.41, 5.74) is 2.28. The van der Waals surface area contributed by atoms with Crippen molar-refractivity contribution in [3.63, 3.8) is 0 Å². The van der Waals surface area contributed by atoms with E-state index in [0.717, 1.165) is 48.8 Å². The number of carboxylic acid groups (broad SMARTS) is 1. The molecule has 1 N–H and O–H groups in total. The van der Waals surface area contributed by atoms with Gasteiger partial charge in [-0.05, 0) is 36.1 Å². The van der Waals surface area contributed by atoms with Gasteiger partial charge in [0.25, 0.3) is 5.89 Å². The minimum absolute atomic E-state index is 0.269. The average molecular weight is 480 g/mol. The first-order chi connectivity index (χ1) is 16.9. The Balaban J connectivity index is 1.28. The summed E-state index contributed by atoms with van der Waals surface area (Å²) in [5.74, 6) is -1.85. The van der Waals surface area contributed by atoms with Crippen LogP contribution >= 0.6 is 0 Å². The molecule has 1 aromatic heterocycles. The van der Waals surface area contributed by atoms with E-state index >= 15 is 0 Å². The molecule has 0 atom stereocenters. The van der Waals surface area contributed by atoms with Crippen LogP contribution in [0.15, 0.2) is 53.1 Å². The predicted octanol–water partition coefficient (Wildman–Crippen LogP) is 5.45. The number of carboxylic acids is 1. The summed E-state index contributed by atoms with van der Waals surface area (Å²) >= 11 is 0. The fourth-order valence-electron chi connectivity index (χ4n) is 5.06. The smallest absolute Gasteiger partial charge is 0.309 e. The van der Waals surface area contributed by atoms with Crippen molar-refractivity contribution in [1.29, 1.82) is 0 Å². The number of aliphatic carboxylic acids is 1. The predicted molar refractivity (Wildman–Crippen MR) is 126 cm³/mol. The SMILES string of the molecule is O=C(O)C1CN(Cc2ccc(-c3noc(/C=C/C4(c5ccc(F)c(F)c5)CCCCC4)n3)cc2)C1. The fraction of sp³-hybridized carbons (Fsp3) is 0.370. The van der Waals surface area contributed by atoms with Gasteiger partial charge in [0.15, 0.2) is 11.6 Å². The zero-order valence-electron chi connectivity index (χ0n) is 19.3. The van der Waals surface area contributed by atoms with E-state index in [1.54, 1.807) is 12.1 Å². The number of nitrogens with zero attached hydrogens (tertiary/aromatic N) is 3. The Morgan fingerprint density at radius 2 is 1.83 bits per heavy atom.